The van der Waals surface area contributed by atoms with E-state index in [-0.39, 0.29) is 35.9 Å². The van der Waals surface area contributed by atoms with Gasteiger partial charge in [-0.2, -0.15) is 0 Å². The molecular weight excluding hydrogens is 469 g/mol. The molecule has 0 radical (unpaired) electrons. The van der Waals surface area contributed by atoms with Crippen molar-refractivity contribution in [1.29, 1.82) is 0 Å². The summed E-state index contributed by atoms with van der Waals surface area (Å²) in [4.78, 5) is 18.9. The molecule has 6 nitrogen and oxygen atoms in total. The lowest BCUT2D eigenvalue weighted by atomic mass is 9.97. The maximum absolute atomic E-state index is 11.9. The number of rotatable bonds is 8. The van der Waals surface area contributed by atoms with Crippen LogP contribution in [0.5, 0.6) is 5.75 Å². The summed E-state index contributed by atoms with van der Waals surface area (Å²) in [7, 11) is 0. The molecule has 1 aromatic rings. The molecule has 1 heterocycles. The Labute approximate surface area is 186 Å². The maximum atomic E-state index is 11.9. The van der Waals surface area contributed by atoms with Gasteiger partial charge in [-0.1, -0.05) is 18.2 Å². The number of nitrogens with zero attached hydrogens (tertiary/aromatic N) is 2. The van der Waals surface area contributed by atoms with Crippen LogP contribution in [0, 0.1) is 12.8 Å². The average molecular weight is 503 g/mol. The molecule has 0 aromatic heterocycles. The predicted molar refractivity (Wildman–Crippen MR) is 124 cm³/mol. The van der Waals surface area contributed by atoms with Crippen LogP contribution in [0.2, 0.25) is 0 Å². The molecule has 0 spiro atoms. The summed E-state index contributed by atoms with van der Waals surface area (Å²) in [6.07, 6.45) is 2.50. The molecular formula is C21H34IN3O3. The van der Waals surface area contributed by atoms with Crippen molar-refractivity contribution in [3.63, 3.8) is 0 Å². The molecule has 7 heteroatoms. The number of hydrogen-bond donors (Lipinski definition) is 1. The third-order valence-corrected chi connectivity index (χ3v) is 4.66. The van der Waals surface area contributed by atoms with Gasteiger partial charge in [-0.25, -0.2) is 0 Å². The minimum Gasteiger partial charge on any atom is -0.493 e. The third-order valence-electron chi connectivity index (χ3n) is 4.66. The molecule has 0 atom stereocenters. The van der Waals surface area contributed by atoms with Crippen LogP contribution in [0.25, 0.3) is 0 Å². The molecule has 2 rings (SSSR count). The molecule has 0 amide bonds. The monoisotopic (exact) mass is 503 g/mol. The van der Waals surface area contributed by atoms with Gasteiger partial charge in [0, 0.05) is 32.6 Å². The number of aryl methyl sites for hydroxylation is 1. The van der Waals surface area contributed by atoms with E-state index >= 15 is 0 Å². The maximum Gasteiger partial charge on any atom is 0.309 e. The van der Waals surface area contributed by atoms with Crippen LogP contribution in [0.1, 0.15) is 38.7 Å². The SMILES string of the molecule is CCNC(=NCCCOc1ccccc1C)N1CCC(C(=O)OCC)CC1.I. The van der Waals surface area contributed by atoms with Crippen LogP contribution in [0.3, 0.4) is 0 Å². The first-order chi connectivity index (χ1) is 13.2. The summed E-state index contributed by atoms with van der Waals surface area (Å²) >= 11 is 0. The fraction of sp³-hybridized carbons (Fsp3) is 0.619. The molecule has 1 aliphatic rings. The Bertz CT molecular complexity index is 617. The Morgan fingerprint density at radius 1 is 1.25 bits per heavy atom. The van der Waals surface area contributed by atoms with Gasteiger partial charge in [0.1, 0.15) is 5.75 Å². The van der Waals surface area contributed by atoms with Gasteiger partial charge in [-0.3, -0.25) is 9.79 Å². The van der Waals surface area contributed by atoms with Crippen molar-refractivity contribution in [1.82, 2.24) is 10.2 Å². The van der Waals surface area contributed by atoms with Gasteiger partial charge in [0.05, 0.1) is 19.1 Å². The van der Waals surface area contributed by atoms with E-state index in [1.54, 1.807) is 0 Å². The van der Waals surface area contributed by atoms with Gasteiger partial charge in [-0.15, -0.1) is 24.0 Å². The van der Waals surface area contributed by atoms with Gasteiger partial charge in [-0.05, 0) is 45.2 Å². The largest absolute Gasteiger partial charge is 0.493 e. The number of likely N-dealkylation sites (tertiary alicyclic amines) is 1. The van der Waals surface area contributed by atoms with Crippen molar-refractivity contribution in [2.45, 2.75) is 40.0 Å². The van der Waals surface area contributed by atoms with E-state index in [4.69, 9.17) is 14.5 Å². The quantitative estimate of drug-likeness (QED) is 0.193. The van der Waals surface area contributed by atoms with Crippen LogP contribution >= 0.6 is 24.0 Å². The predicted octanol–water partition coefficient (Wildman–Crippen LogP) is 3.62. The first-order valence-corrected chi connectivity index (χ1v) is 10.0. The van der Waals surface area contributed by atoms with Crippen LogP contribution in [-0.4, -0.2) is 56.2 Å². The van der Waals surface area contributed by atoms with E-state index < -0.39 is 0 Å². The molecule has 1 fully saturated rings. The van der Waals surface area contributed by atoms with Crippen molar-refractivity contribution in [3.8, 4) is 5.75 Å². The number of benzene rings is 1. The molecule has 1 aliphatic heterocycles. The third kappa shape index (κ3) is 7.85. The van der Waals surface area contributed by atoms with Crippen molar-refractivity contribution < 1.29 is 14.3 Å². The number of para-hydroxylation sites is 1. The second kappa shape index (κ2) is 13.6. The summed E-state index contributed by atoms with van der Waals surface area (Å²) in [5.74, 6) is 1.82. The summed E-state index contributed by atoms with van der Waals surface area (Å²) in [6, 6.07) is 8.05. The number of hydrogen-bond acceptors (Lipinski definition) is 4. The van der Waals surface area contributed by atoms with Gasteiger partial charge >= 0.3 is 5.97 Å². The lowest BCUT2D eigenvalue weighted by Gasteiger charge is -2.33. The Morgan fingerprint density at radius 2 is 1.96 bits per heavy atom. The zero-order valence-electron chi connectivity index (χ0n) is 17.3. The molecule has 1 saturated heterocycles. The smallest absolute Gasteiger partial charge is 0.309 e. The van der Waals surface area contributed by atoms with Crippen molar-refractivity contribution in [3.05, 3.63) is 29.8 Å². The Morgan fingerprint density at radius 3 is 2.61 bits per heavy atom. The summed E-state index contributed by atoms with van der Waals surface area (Å²) in [6.45, 7) is 10.3. The minimum absolute atomic E-state index is 0. The van der Waals surface area contributed by atoms with E-state index in [1.807, 2.05) is 25.1 Å². The van der Waals surface area contributed by atoms with Crippen LogP contribution in [0.15, 0.2) is 29.3 Å². The highest BCUT2D eigenvalue weighted by molar-refractivity contribution is 14.0. The number of piperidine rings is 1. The second-order valence-electron chi connectivity index (χ2n) is 6.72. The number of nitrogens with one attached hydrogen (secondary N) is 1. The van der Waals surface area contributed by atoms with Crippen LogP contribution < -0.4 is 10.1 Å². The van der Waals surface area contributed by atoms with Gasteiger partial charge in [0.15, 0.2) is 5.96 Å². The summed E-state index contributed by atoms with van der Waals surface area (Å²) < 4.78 is 11.0. The van der Waals surface area contributed by atoms with E-state index in [9.17, 15) is 4.79 Å². The van der Waals surface area contributed by atoms with Crippen molar-refractivity contribution in [2.75, 3.05) is 39.4 Å². The van der Waals surface area contributed by atoms with Gasteiger partial charge in [0.25, 0.3) is 0 Å². The number of halogens is 1. The highest BCUT2D eigenvalue weighted by Crippen LogP contribution is 2.19. The molecule has 28 heavy (non-hydrogen) atoms. The molecule has 1 N–H and O–H groups in total. The summed E-state index contributed by atoms with van der Waals surface area (Å²) in [5.41, 5.74) is 1.15. The number of guanidine groups is 1. The minimum atomic E-state index is -0.0626. The normalized spacial score (nSPS) is 15.0. The Hall–Kier alpha value is -1.51. The first-order valence-electron chi connectivity index (χ1n) is 10.0. The van der Waals surface area contributed by atoms with E-state index in [1.165, 1.54) is 0 Å². The van der Waals surface area contributed by atoms with Crippen molar-refractivity contribution >= 4 is 35.9 Å². The molecule has 0 bridgehead atoms. The number of ether oxygens (including phenoxy) is 2. The van der Waals surface area contributed by atoms with E-state index in [0.717, 1.165) is 56.2 Å². The van der Waals surface area contributed by atoms with Gasteiger partial charge in [0.2, 0.25) is 0 Å². The Balaban J connectivity index is 0.00000392. The van der Waals surface area contributed by atoms with Crippen LogP contribution in [-0.2, 0) is 9.53 Å². The highest BCUT2D eigenvalue weighted by Gasteiger charge is 2.27. The second-order valence-corrected chi connectivity index (χ2v) is 6.72. The fourth-order valence-electron chi connectivity index (χ4n) is 3.16. The molecule has 1 aromatic carbocycles. The lowest BCUT2D eigenvalue weighted by Crippen LogP contribution is -2.46. The standard InChI is InChI=1S/C21H33N3O3.HI/c1-4-22-21(24-14-11-18(12-15-24)20(25)26-5-2)23-13-8-16-27-19-10-7-6-9-17(19)3;/h6-7,9-10,18H,4-5,8,11-16H2,1-3H3,(H,22,23);1H. The van der Waals surface area contributed by atoms with Crippen LogP contribution in [0.4, 0.5) is 0 Å². The van der Waals surface area contributed by atoms with E-state index in [0.29, 0.717) is 19.8 Å². The molecule has 0 saturated carbocycles. The number of carbonyl (C=O) groups is 1. The Kier molecular flexibility index (Phi) is 11.9. The van der Waals surface area contributed by atoms with Crippen molar-refractivity contribution in [2.24, 2.45) is 10.9 Å². The number of aliphatic imine (C=N–C) groups is 1. The number of esters is 1. The molecule has 158 valence electrons. The molecule has 0 unspecified atom stereocenters. The fourth-order valence-corrected chi connectivity index (χ4v) is 3.16. The first kappa shape index (κ1) is 24.5. The average Bonchev–Trinajstić information content (AvgIpc) is 2.68. The zero-order chi connectivity index (χ0) is 19.5. The molecule has 0 aliphatic carbocycles. The lowest BCUT2D eigenvalue weighted by molar-refractivity contribution is -0.149. The zero-order valence-corrected chi connectivity index (χ0v) is 19.6. The number of carbonyl (C=O) groups excluding carboxylic acids is 1. The highest BCUT2D eigenvalue weighted by atomic mass is 127. The topological polar surface area (TPSA) is 63.2 Å². The van der Waals surface area contributed by atoms with Gasteiger partial charge < -0.3 is 19.7 Å². The summed E-state index contributed by atoms with van der Waals surface area (Å²) in [5, 5.41) is 3.36. The van der Waals surface area contributed by atoms with E-state index in [2.05, 4.69) is 30.1 Å².